The van der Waals surface area contributed by atoms with Crippen LogP contribution in [0.2, 0.25) is 0 Å². The number of nitrogens with zero attached hydrogens (tertiary/aromatic N) is 2. The smallest absolute Gasteiger partial charge is 0.326 e. The molecule has 0 aliphatic rings. The van der Waals surface area contributed by atoms with Crippen molar-refractivity contribution in [2.24, 2.45) is 7.05 Å². The average molecular weight is 283 g/mol. The fraction of sp³-hybridized carbons (Fsp3) is 0.500. The Morgan fingerprint density at radius 2 is 2.15 bits per heavy atom. The van der Waals surface area contributed by atoms with Crippen LogP contribution in [0.1, 0.15) is 29.0 Å². The van der Waals surface area contributed by atoms with Gasteiger partial charge in [-0.2, -0.15) is 5.10 Å². The second-order valence-corrected chi connectivity index (χ2v) is 4.27. The summed E-state index contributed by atoms with van der Waals surface area (Å²) in [4.78, 5) is 34.0. The quantitative estimate of drug-likeness (QED) is 0.703. The summed E-state index contributed by atoms with van der Waals surface area (Å²) in [6.45, 7) is 1.72. The van der Waals surface area contributed by atoms with Crippen molar-refractivity contribution >= 4 is 17.8 Å². The third-order valence-corrected chi connectivity index (χ3v) is 2.70. The molecule has 1 atom stereocenters. The molecule has 2 N–H and O–H groups in total. The first-order valence-corrected chi connectivity index (χ1v) is 5.96. The molecule has 0 aliphatic carbocycles. The number of nitrogens with one attached hydrogen (secondary N) is 1. The van der Waals surface area contributed by atoms with Crippen molar-refractivity contribution in [3.63, 3.8) is 0 Å². The van der Waals surface area contributed by atoms with E-state index in [-0.39, 0.29) is 18.5 Å². The minimum atomic E-state index is -1.21. The normalized spacial score (nSPS) is 11.8. The van der Waals surface area contributed by atoms with Gasteiger partial charge in [0, 0.05) is 13.5 Å². The molecule has 1 aromatic heterocycles. The number of carboxylic acids is 1. The highest BCUT2D eigenvalue weighted by Gasteiger charge is 2.23. The van der Waals surface area contributed by atoms with Gasteiger partial charge in [0.15, 0.2) is 0 Å². The zero-order valence-electron chi connectivity index (χ0n) is 11.5. The summed E-state index contributed by atoms with van der Waals surface area (Å²) in [7, 11) is 2.81. The van der Waals surface area contributed by atoms with E-state index in [1.165, 1.54) is 11.8 Å². The van der Waals surface area contributed by atoms with Crippen LogP contribution in [0.25, 0.3) is 0 Å². The van der Waals surface area contributed by atoms with Gasteiger partial charge in [0.05, 0.1) is 12.8 Å². The molecule has 8 nitrogen and oxygen atoms in total. The summed E-state index contributed by atoms with van der Waals surface area (Å²) in [6.07, 6.45) is -0.122. The van der Waals surface area contributed by atoms with Crippen LogP contribution >= 0.6 is 0 Å². The third kappa shape index (κ3) is 4.08. The first-order valence-electron chi connectivity index (χ1n) is 5.96. The molecular weight excluding hydrogens is 266 g/mol. The molecule has 8 heteroatoms. The summed E-state index contributed by atoms with van der Waals surface area (Å²) in [5.74, 6) is -2.28. The molecule has 0 fully saturated rings. The molecule has 0 aromatic carbocycles. The predicted molar refractivity (Wildman–Crippen MR) is 68.1 cm³/mol. The lowest BCUT2D eigenvalue weighted by Gasteiger charge is -2.13. The van der Waals surface area contributed by atoms with Crippen LogP contribution < -0.4 is 5.32 Å². The van der Waals surface area contributed by atoms with Gasteiger partial charge in [-0.25, -0.2) is 4.79 Å². The number of carbonyl (C=O) groups is 3. The molecule has 0 bridgehead atoms. The zero-order chi connectivity index (χ0) is 15.3. The number of ether oxygens (including phenoxy) is 1. The second kappa shape index (κ2) is 6.69. The maximum absolute atomic E-state index is 12.0. The summed E-state index contributed by atoms with van der Waals surface area (Å²) in [5.41, 5.74) is 0.908. The molecule has 0 aliphatic heterocycles. The Morgan fingerprint density at radius 1 is 1.50 bits per heavy atom. The van der Waals surface area contributed by atoms with Crippen LogP contribution in [0, 0.1) is 6.92 Å². The number of aryl methyl sites for hydroxylation is 2. The Bertz CT molecular complexity index is 523. The van der Waals surface area contributed by atoms with Gasteiger partial charge in [-0.05, 0) is 19.4 Å². The van der Waals surface area contributed by atoms with Crippen molar-refractivity contribution in [1.82, 2.24) is 15.1 Å². The second-order valence-electron chi connectivity index (χ2n) is 4.27. The Labute approximate surface area is 115 Å². The highest BCUT2D eigenvalue weighted by Crippen LogP contribution is 2.05. The van der Waals surface area contributed by atoms with Crippen LogP contribution in [0.5, 0.6) is 0 Å². The molecule has 1 unspecified atom stereocenters. The fourth-order valence-corrected chi connectivity index (χ4v) is 1.68. The average Bonchev–Trinajstić information content (AvgIpc) is 2.72. The van der Waals surface area contributed by atoms with E-state index >= 15 is 0 Å². The Balaban J connectivity index is 2.70. The van der Waals surface area contributed by atoms with Gasteiger partial charge in [0.1, 0.15) is 11.7 Å². The van der Waals surface area contributed by atoms with Crippen molar-refractivity contribution in [2.75, 3.05) is 7.11 Å². The molecule has 20 heavy (non-hydrogen) atoms. The zero-order valence-corrected chi connectivity index (χ0v) is 11.5. The number of esters is 1. The number of hydrogen-bond acceptors (Lipinski definition) is 5. The highest BCUT2D eigenvalue weighted by molar-refractivity contribution is 5.95. The molecule has 0 spiro atoms. The molecule has 1 aromatic rings. The predicted octanol–water partition coefficient (Wildman–Crippen LogP) is -0.135. The van der Waals surface area contributed by atoms with Crippen LogP contribution in [0.4, 0.5) is 0 Å². The van der Waals surface area contributed by atoms with E-state index in [0.29, 0.717) is 5.69 Å². The number of carbonyl (C=O) groups excluding carboxylic acids is 2. The van der Waals surface area contributed by atoms with Crippen molar-refractivity contribution in [3.8, 4) is 0 Å². The van der Waals surface area contributed by atoms with Crippen molar-refractivity contribution in [1.29, 1.82) is 0 Å². The summed E-state index contributed by atoms with van der Waals surface area (Å²) in [6, 6.07) is 0.394. The van der Waals surface area contributed by atoms with Gasteiger partial charge >= 0.3 is 11.9 Å². The number of aromatic nitrogens is 2. The molecule has 1 rings (SSSR count). The fourth-order valence-electron chi connectivity index (χ4n) is 1.68. The van der Waals surface area contributed by atoms with E-state index in [2.05, 4.69) is 15.2 Å². The Kier molecular flexibility index (Phi) is 5.24. The van der Waals surface area contributed by atoms with Gasteiger partial charge in [-0.1, -0.05) is 0 Å². The van der Waals surface area contributed by atoms with Crippen LogP contribution in [-0.4, -0.2) is 45.9 Å². The molecule has 110 valence electrons. The van der Waals surface area contributed by atoms with Gasteiger partial charge in [-0.15, -0.1) is 0 Å². The minimum Gasteiger partial charge on any atom is -0.480 e. The maximum atomic E-state index is 12.0. The lowest BCUT2D eigenvalue weighted by Crippen LogP contribution is -2.41. The lowest BCUT2D eigenvalue weighted by atomic mass is 10.1. The number of hydrogen-bond donors (Lipinski definition) is 2. The highest BCUT2D eigenvalue weighted by atomic mass is 16.5. The van der Waals surface area contributed by atoms with E-state index in [1.54, 1.807) is 20.0 Å². The molecule has 0 saturated carbocycles. The van der Waals surface area contributed by atoms with Gasteiger partial charge in [0.25, 0.3) is 5.91 Å². The standard InChI is InChI=1S/C12H17N3O5/c1-7-6-9(15(2)14-7)11(17)13-8(12(18)19)4-5-10(16)20-3/h6,8H,4-5H2,1-3H3,(H,13,17)(H,18,19). The van der Waals surface area contributed by atoms with E-state index in [4.69, 9.17) is 5.11 Å². The van der Waals surface area contributed by atoms with E-state index in [0.717, 1.165) is 0 Å². The summed E-state index contributed by atoms with van der Waals surface area (Å²) < 4.78 is 5.80. The lowest BCUT2D eigenvalue weighted by molar-refractivity contribution is -0.142. The first kappa shape index (κ1) is 15.7. The number of amides is 1. The SMILES string of the molecule is COC(=O)CCC(NC(=O)c1cc(C)nn1C)C(=O)O. The molecule has 0 saturated heterocycles. The van der Waals surface area contributed by atoms with Gasteiger partial charge in [-0.3, -0.25) is 14.3 Å². The Hall–Kier alpha value is -2.38. The van der Waals surface area contributed by atoms with Crippen molar-refractivity contribution in [2.45, 2.75) is 25.8 Å². The third-order valence-electron chi connectivity index (χ3n) is 2.70. The van der Waals surface area contributed by atoms with E-state index < -0.39 is 23.9 Å². The monoisotopic (exact) mass is 283 g/mol. The molecule has 0 radical (unpaired) electrons. The Morgan fingerprint density at radius 3 is 2.60 bits per heavy atom. The number of methoxy groups -OCH3 is 1. The van der Waals surface area contributed by atoms with Crippen LogP contribution in [0.15, 0.2) is 6.07 Å². The number of aliphatic carboxylic acids is 1. The van der Waals surface area contributed by atoms with E-state index in [9.17, 15) is 14.4 Å². The minimum absolute atomic E-state index is 0.0371. The molecule has 1 heterocycles. The van der Waals surface area contributed by atoms with Crippen LogP contribution in [0.3, 0.4) is 0 Å². The number of rotatable bonds is 6. The van der Waals surface area contributed by atoms with Gasteiger partial charge < -0.3 is 15.2 Å². The van der Waals surface area contributed by atoms with Crippen LogP contribution in [-0.2, 0) is 21.4 Å². The maximum Gasteiger partial charge on any atom is 0.326 e. The van der Waals surface area contributed by atoms with Crippen molar-refractivity contribution < 1.29 is 24.2 Å². The molecule has 1 amide bonds. The topological polar surface area (TPSA) is 111 Å². The summed E-state index contributed by atoms with van der Waals surface area (Å²) in [5, 5.41) is 15.4. The van der Waals surface area contributed by atoms with E-state index in [1.807, 2.05) is 0 Å². The molecular formula is C12H17N3O5. The first-order chi connectivity index (χ1) is 9.35. The van der Waals surface area contributed by atoms with Crippen molar-refractivity contribution in [3.05, 3.63) is 17.5 Å². The van der Waals surface area contributed by atoms with Gasteiger partial charge in [0.2, 0.25) is 0 Å². The summed E-state index contributed by atoms with van der Waals surface area (Å²) >= 11 is 0. The largest absolute Gasteiger partial charge is 0.480 e. The number of carboxylic acid groups (broad SMARTS) is 1.